The third kappa shape index (κ3) is 2.47. The standard InChI is InChI=1S/C8H7Br2F2N/c1-4-2-5(3-9)6(8(11)12)7(10)13-4/h2,8H,3H2,1H3. The fourth-order valence-electron chi connectivity index (χ4n) is 1.05. The van der Waals surface area contributed by atoms with Crippen molar-refractivity contribution in [2.45, 2.75) is 18.7 Å². The molecule has 0 bridgehead atoms. The zero-order valence-corrected chi connectivity index (χ0v) is 9.99. The van der Waals surface area contributed by atoms with E-state index in [1.54, 1.807) is 13.0 Å². The van der Waals surface area contributed by atoms with Crippen molar-refractivity contribution in [3.63, 3.8) is 0 Å². The molecule has 0 unspecified atom stereocenters. The fourth-order valence-corrected chi connectivity index (χ4v) is 2.22. The molecule has 1 aromatic rings. The van der Waals surface area contributed by atoms with E-state index >= 15 is 0 Å². The van der Waals surface area contributed by atoms with Crippen molar-refractivity contribution in [2.24, 2.45) is 0 Å². The lowest BCUT2D eigenvalue weighted by Crippen LogP contribution is -1.98. The summed E-state index contributed by atoms with van der Waals surface area (Å²) in [7, 11) is 0. The highest BCUT2D eigenvalue weighted by atomic mass is 79.9. The molecule has 0 fully saturated rings. The molecule has 72 valence electrons. The molecule has 0 spiro atoms. The zero-order chi connectivity index (χ0) is 10.0. The van der Waals surface area contributed by atoms with Crippen molar-refractivity contribution in [3.8, 4) is 0 Å². The molecule has 0 aliphatic carbocycles. The van der Waals surface area contributed by atoms with Crippen LogP contribution in [0.5, 0.6) is 0 Å². The lowest BCUT2D eigenvalue weighted by atomic mass is 10.1. The van der Waals surface area contributed by atoms with Crippen LogP contribution in [0.4, 0.5) is 8.78 Å². The normalized spacial score (nSPS) is 10.9. The third-order valence-corrected chi connectivity index (χ3v) is 2.80. The summed E-state index contributed by atoms with van der Waals surface area (Å²) in [6.07, 6.45) is -2.49. The van der Waals surface area contributed by atoms with Gasteiger partial charge in [-0.3, -0.25) is 0 Å². The van der Waals surface area contributed by atoms with Gasteiger partial charge >= 0.3 is 0 Å². The van der Waals surface area contributed by atoms with Crippen LogP contribution in [0.15, 0.2) is 10.7 Å². The first-order chi connectivity index (χ1) is 6.06. The van der Waals surface area contributed by atoms with Crippen LogP contribution in [0.1, 0.15) is 23.2 Å². The van der Waals surface area contributed by atoms with Gasteiger partial charge in [0.2, 0.25) is 0 Å². The minimum Gasteiger partial charge on any atom is -0.246 e. The molecule has 0 aliphatic rings. The molecule has 0 atom stereocenters. The molecule has 0 N–H and O–H groups in total. The Morgan fingerprint density at radius 1 is 1.54 bits per heavy atom. The van der Waals surface area contributed by atoms with Gasteiger partial charge in [-0.25, -0.2) is 13.8 Å². The van der Waals surface area contributed by atoms with E-state index in [2.05, 4.69) is 36.8 Å². The van der Waals surface area contributed by atoms with Gasteiger partial charge in [0.25, 0.3) is 6.43 Å². The summed E-state index contributed by atoms with van der Waals surface area (Å²) >= 11 is 6.19. The van der Waals surface area contributed by atoms with Crippen LogP contribution in [0.2, 0.25) is 0 Å². The van der Waals surface area contributed by atoms with E-state index in [-0.39, 0.29) is 10.2 Å². The Balaban J connectivity index is 3.30. The Morgan fingerprint density at radius 3 is 2.62 bits per heavy atom. The second-order valence-corrected chi connectivity index (χ2v) is 3.87. The van der Waals surface area contributed by atoms with Crippen molar-refractivity contribution >= 4 is 31.9 Å². The maximum atomic E-state index is 12.5. The summed E-state index contributed by atoms with van der Waals surface area (Å²) in [6, 6.07) is 1.65. The van der Waals surface area contributed by atoms with Gasteiger partial charge in [-0.2, -0.15) is 0 Å². The van der Waals surface area contributed by atoms with Crippen molar-refractivity contribution in [3.05, 3.63) is 27.5 Å². The molecule has 1 nitrogen and oxygen atoms in total. The molecule has 0 saturated carbocycles. The Hall–Kier alpha value is -0.0300. The summed E-state index contributed by atoms with van der Waals surface area (Å²) in [6.45, 7) is 1.77. The quantitative estimate of drug-likeness (QED) is 0.594. The number of aryl methyl sites for hydroxylation is 1. The monoisotopic (exact) mass is 313 g/mol. The molecular formula is C8H7Br2F2N. The maximum Gasteiger partial charge on any atom is 0.266 e. The highest BCUT2D eigenvalue weighted by molar-refractivity contribution is 9.10. The molecule has 5 heteroatoms. The average molecular weight is 315 g/mol. The van der Waals surface area contributed by atoms with Gasteiger partial charge in [0, 0.05) is 11.0 Å². The minimum absolute atomic E-state index is 0.0255. The Kier molecular flexibility index (Phi) is 3.79. The summed E-state index contributed by atoms with van der Waals surface area (Å²) in [4.78, 5) is 3.92. The fraction of sp³-hybridized carbons (Fsp3) is 0.375. The van der Waals surface area contributed by atoms with E-state index in [4.69, 9.17) is 0 Å². The number of pyridine rings is 1. The van der Waals surface area contributed by atoms with Gasteiger partial charge < -0.3 is 0 Å². The Labute approximate surface area is 91.8 Å². The topological polar surface area (TPSA) is 12.9 Å². The van der Waals surface area contributed by atoms with E-state index in [9.17, 15) is 8.78 Å². The number of nitrogens with zero attached hydrogens (tertiary/aromatic N) is 1. The van der Waals surface area contributed by atoms with Crippen LogP contribution in [-0.4, -0.2) is 4.98 Å². The largest absolute Gasteiger partial charge is 0.266 e. The molecule has 13 heavy (non-hydrogen) atoms. The SMILES string of the molecule is Cc1cc(CBr)c(C(F)F)c(Br)n1. The number of aromatic nitrogens is 1. The van der Waals surface area contributed by atoms with Crippen LogP contribution in [0.25, 0.3) is 0 Å². The van der Waals surface area contributed by atoms with Crippen molar-refractivity contribution in [1.82, 2.24) is 4.98 Å². The second kappa shape index (κ2) is 4.46. The average Bonchev–Trinajstić information content (AvgIpc) is 2.01. The first-order valence-corrected chi connectivity index (χ1v) is 5.47. The lowest BCUT2D eigenvalue weighted by molar-refractivity contribution is 0.149. The zero-order valence-electron chi connectivity index (χ0n) is 6.82. The Bertz CT molecular complexity index is 315. The molecule has 1 heterocycles. The predicted molar refractivity (Wildman–Crippen MR) is 54.3 cm³/mol. The van der Waals surface area contributed by atoms with Gasteiger partial charge in [0.1, 0.15) is 4.60 Å². The van der Waals surface area contributed by atoms with Crippen LogP contribution in [0.3, 0.4) is 0 Å². The van der Waals surface area contributed by atoms with E-state index in [0.717, 1.165) is 5.69 Å². The van der Waals surface area contributed by atoms with Gasteiger partial charge in [-0.15, -0.1) is 0 Å². The van der Waals surface area contributed by atoms with Gasteiger partial charge in [0.15, 0.2) is 0 Å². The molecule has 0 saturated heterocycles. The molecule has 0 aliphatic heterocycles. The van der Waals surface area contributed by atoms with Crippen molar-refractivity contribution in [1.29, 1.82) is 0 Å². The summed E-state index contributed by atoms with van der Waals surface area (Å²) < 4.78 is 25.3. The number of alkyl halides is 3. The van der Waals surface area contributed by atoms with Gasteiger partial charge in [-0.05, 0) is 34.5 Å². The van der Waals surface area contributed by atoms with Gasteiger partial charge in [0.05, 0.1) is 5.56 Å². The number of hydrogen-bond acceptors (Lipinski definition) is 1. The Morgan fingerprint density at radius 2 is 2.15 bits per heavy atom. The van der Waals surface area contributed by atoms with E-state index in [1.807, 2.05) is 0 Å². The number of hydrogen-bond donors (Lipinski definition) is 0. The van der Waals surface area contributed by atoms with E-state index in [1.165, 1.54) is 0 Å². The van der Waals surface area contributed by atoms with Crippen molar-refractivity contribution < 1.29 is 8.78 Å². The summed E-state index contributed by atoms with van der Waals surface area (Å²) in [5.41, 5.74) is 1.28. The number of halogens is 4. The summed E-state index contributed by atoms with van der Waals surface area (Å²) in [5, 5.41) is 0.411. The molecule has 0 aromatic carbocycles. The highest BCUT2D eigenvalue weighted by Crippen LogP contribution is 2.30. The number of rotatable bonds is 2. The smallest absolute Gasteiger partial charge is 0.246 e. The molecule has 1 rings (SSSR count). The molecular weight excluding hydrogens is 308 g/mol. The van der Waals surface area contributed by atoms with Crippen LogP contribution < -0.4 is 0 Å². The molecule has 0 radical (unpaired) electrons. The molecule has 0 amide bonds. The lowest BCUT2D eigenvalue weighted by Gasteiger charge is -2.08. The third-order valence-electron chi connectivity index (χ3n) is 1.59. The predicted octanol–water partition coefficient (Wildman–Crippen LogP) is 3.99. The maximum absolute atomic E-state index is 12.5. The second-order valence-electron chi connectivity index (χ2n) is 2.56. The van der Waals surface area contributed by atoms with Crippen LogP contribution in [0, 0.1) is 6.92 Å². The molecule has 1 aromatic heterocycles. The van der Waals surface area contributed by atoms with Crippen LogP contribution in [-0.2, 0) is 5.33 Å². The minimum atomic E-state index is -2.49. The van der Waals surface area contributed by atoms with E-state index < -0.39 is 6.43 Å². The van der Waals surface area contributed by atoms with E-state index in [0.29, 0.717) is 10.9 Å². The highest BCUT2D eigenvalue weighted by Gasteiger charge is 2.17. The van der Waals surface area contributed by atoms with Gasteiger partial charge in [-0.1, -0.05) is 15.9 Å². The first-order valence-electron chi connectivity index (χ1n) is 3.56. The van der Waals surface area contributed by atoms with Crippen molar-refractivity contribution in [2.75, 3.05) is 0 Å². The summed E-state index contributed by atoms with van der Waals surface area (Å²) in [5.74, 6) is 0. The first kappa shape index (κ1) is 11.0. The van der Waals surface area contributed by atoms with Crippen LogP contribution >= 0.6 is 31.9 Å².